The van der Waals surface area contributed by atoms with Crippen molar-refractivity contribution >= 4 is 23.4 Å². The van der Waals surface area contributed by atoms with E-state index in [4.69, 9.17) is 9.47 Å². The van der Waals surface area contributed by atoms with E-state index >= 15 is 0 Å². The molecule has 5 nitrogen and oxygen atoms in total. The highest BCUT2D eigenvalue weighted by molar-refractivity contribution is 8.06. The number of hydrogen-bond acceptors (Lipinski definition) is 6. The third kappa shape index (κ3) is 6.86. The van der Waals surface area contributed by atoms with Gasteiger partial charge in [-0.3, -0.25) is 0 Å². The number of aryl methyl sites for hydroxylation is 2. The molecule has 1 saturated heterocycles. The number of ether oxygens (including phenoxy) is 2. The molecule has 1 unspecified atom stereocenters. The molecular formula is C30H34N2O3S. The fourth-order valence-electron chi connectivity index (χ4n) is 4.27. The van der Waals surface area contributed by atoms with Gasteiger partial charge in [-0.25, -0.2) is 4.98 Å². The van der Waals surface area contributed by atoms with E-state index in [9.17, 15) is 5.11 Å². The fraction of sp³-hybridized carbons (Fsp3) is 0.367. The van der Waals surface area contributed by atoms with E-state index in [1.54, 1.807) is 0 Å². The number of hydrogen-bond donors (Lipinski definition) is 1. The summed E-state index contributed by atoms with van der Waals surface area (Å²) in [6.07, 6.45) is 5.06. The lowest BCUT2D eigenvalue weighted by Gasteiger charge is -2.19. The van der Waals surface area contributed by atoms with Crippen LogP contribution in [0.5, 0.6) is 11.6 Å². The molecule has 4 rings (SSSR count). The molecule has 1 atom stereocenters. The van der Waals surface area contributed by atoms with Crippen molar-refractivity contribution in [2.45, 2.75) is 59.5 Å². The average Bonchev–Trinajstić information content (AvgIpc) is 3.07. The first kappa shape index (κ1) is 26.2. The number of thioether (sulfide) groups is 1. The maximum atomic E-state index is 10.5. The van der Waals surface area contributed by atoms with Gasteiger partial charge in [-0.1, -0.05) is 35.0 Å². The van der Waals surface area contributed by atoms with E-state index in [0.717, 1.165) is 76.7 Å². The van der Waals surface area contributed by atoms with Gasteiger partial charge in [0.15, 0.2) is 0 Å². The molecule has 2 aromatic rings. The van der Waals surface area contributed by atoms with Crippen molar-refractivity contribution < 1.29 is 14.6 Å². The van der Waals surface area contributed by atoms with Crippen LogP contribution in [0, 0.1) is 13.8 Å². The number of aliphatic hydroxyl groups excluding tert-OH is 1. The van der Waals surface area contributed by atoms with E-state index in [1.807, 2.05) is 39.8 Å². The monoisotopic (exact) mass is 502 g/mol. The Morgan fingerprint density at radius 1 is 1.22 bits per heavy atom. The van der Waals surface area contributed by atoms with Crippen LogP contribution in [0.3, 0.4) is 0 Å². The zero-order chi connectivity index (χ0) is 25.7. The first-order chi connectivity index (χ1) is 17.3. The lowest BCUT2D eigenvalue weighted by Crippen LogP contribution is -2.08. The van der Waals surface area contributed by atoms with Gasteiger partial charge in [0.1, 0.15) is 11.6 Å². The van der Waals surface area contributed by atoms with Gasteiger partial charge in [0, 0.05) is 29.4 Å². The zero-order valence-electron chi connectivity index (χ0n) is 21.6. The molecule has 2 aliphatic heterocycles. The van der Waals surface area contributed by atoms with Crippen molar-refractivity contribution in [1.29, 1.82) is 0 Å². The number of aromatic nitrogens is 2. The van der Waals surface area contributed by atoms with Gasteiger partial charge < -0.3 is 14.6 Å². The average molecular weight is 503 g/mol. The van der Waals surface area contributed by atoms with Crippen LogP contribution in [0.25, 0.3) is 11.6 Å². The molecule has 36 heavy (non-hydrogen) atoms. The normalized spacial score (nSPS) is 18.1. The van der Waals surface area contributed by atoms with Crippen molar-refractivity contribution in [2.24, 2.45) is 0 Å². The molecule has 0 aliphatic carbocycles. The molecule has 1 aromatic carbocycles. The number of aliphatic hydroxyl groups is 1. The zero-order valence-corrected chi connectivity index (χ0v) is 22.4. The predicted octanol–water partition coefficient (Wildman–Crippen LogP) is 7.31. The summed E-state index contributed by atoms with van der Waals surface area (Å²) in [5, 5.41) is 12.6. The van der Waals surface area contributed by atoms with Crippen molar-refractivity contribution in [3.63, 3.8) is 0 Å². The summed E-state index contributed by atoms with van der Waals surface area (Å²) in [4.78, 5) is 9.98. The molecule has 0 radical (unpaired) electrons. The SMILES string of the molecule is C=C(C)CC(O)C1=C=C(C)C(c2ccc(C)cc2Oc2cc(/C=C3/CCCOCC3)nc(C)n2)=CS1. The highest BCUT2D eigenvalue weighted by atomic mass is 32.2. The Kier molecular flexibility index (Phi) is 8.65. The van der Waals surface area contributed by atoms with Crippen molar-refractivity contribution in [1.82, 2.24) is 9.97 Å². The molecule has 1 aromatic heterocycles. The van der Waals surface area contributed by atoms with Gasteiger partial charge in [0.2, 0.25) is 5.88 Å². The minimum atomic E-state index is -0.592. The largest absolute Gasteiger partial charge is 0.438 e. The quantitative estimate of drug-likeness (QED) is 0.316. The second-order valence-electron chi connectivity index (χ2n) is 9.49. The summed E-state index contributed by atoms with van der Waals surface area (Å²) in [6, 6.07) is 8.07. The van der Waals surface area contributed by atoms with Crippen LogP contribution in [0.15, 0.2) is 63.6 Å². The van der Waals surface area contributed by atoms with Gasteiger partial charge in [0.25, 0.3) is 0 Å². The Hall–Kier alpha value is -2.89. The smallest absolute Gasteiger partial charge is 0.223 e. The lowest BCUT2D eigenvalue weighted by molar-refractivity contribution is 0.146. The number of benzene rings is 1. The molecule has 2 aliphatic rings. The van der Waals surface area contributed by atoms with Gasteiger partial charge in [-0.05, 0) is 76.5 Å². The second-order valence-corrected chi connectivity index (χ2v) is 10.4. The van der Waals surface area contributed by atoms with Crippen LogP contribution < -0.4 is 4.74 Å². The third-order valence-electron chi connectivity index (χ3n) is 6.05. The number of rotatable bonds is 7. The standard InChI is InChI=1S/C30H34N2O3S/c1-19(2)13-27(33)29-15-21(4)26(18-36-29)25-9-8-20(3)14-28(25)35-30-17-24(31-22(5)32-30)16-23-7-6-11-34-12-10-23/h8-9,14,16-18,27,33H,1,6-7,10-13H2,2-5H3/b23-16-. The molecule has 6 heteroatoms. The van der Waals surface area contributed by atoms with Crippen molar-refractivity contribution in [2.75, 3.05) is 13.2 Å². The Labute approximate surface area is 218 Å². The summed E-state index contributed by atoms with van der Waals surface area (Å²) in [7, 11) is 0. The molecule has 3 heterocycles. The molecule has 0 spiro atoms. The first-order valence-corrected chi connectivity index (χ1v) is 13.3. The Morgan fingerprint density at radius 3 is 2.83 bits per heavy atom. The van der Waals surface area contributed by atoms with Gasteiger partial charge in [-0.15, -0.1) is 12.3 Å². The topological polar surface area (TPSA) is 64.5 Å². The minimum absolute atomic E-state index is 0.518. The van der Waals surface area contributed by atoms with Crippen molar-refractivity contribution in [3.05, 3.63) is 86.3 Å². The molecule has 0 bridgehead atoms. The van der Waals surface area contributed by atoms with E-state index < -0.39 is 6.10 Å². The third-order valence-corrected chi connectivity index (χ3v) is 7.03. The highest BCUT2D eigenvalue weighted by Gasteiger charge is 2.19. The van der Waals surface area contributed by atoms with Gasteiger partial charge >= 0.3 is 0 Å². The van der Waals surface area contributed by atoms with Crippen molar-refractivity contribution in [3.8, 4) is 11.6 Å². The highest BCUT2D eigenvalue weighted by Crippen LogP contribution is 2.40. The summed E-state index contributed by atoms with van der Waals surface area (Å²) in [5.41, 5.74) is 10.6. The minimum Gasteiger partial charge on any atom is -0.438 e. The van der Waals surface area contributed by atoms with E-state index in [-0.39, 0.29) is 0 Å². The Balaban J connectivity index is 1.64. The van der Waals surface area contributed by atoms with Gasteiger partial charge in [-0.2, -0.15) is 4.98 Å². The Bertz CT molecular complexity index is 1280. The second kappa shape index (κ2) is 11.9. The fourth-order valence-corrected chi connectivity index (χ4v) is 5.27. The first-order valence-electron chi connectivity index (χ1n) is 12.4. The maximum absolute atomic E-state index is 10.5. The maximum Gasteiger partial charge on any atom is 0.223 e. The summed E-state index contributed by atoms with van der Waals surface area (Å²) < 4.78 is 12.0. The molecule has 0 saturated carbocycles. The van der Waals surface area contributed by atoms with Crippen LogP contribution in [-0.4, -0.2) is 34.4 Å². The molecular weight excluding hydrogens is 468 g/mol. The van der Waals surface area contributed by atoms with E-state index in [2.05, 4.69) is 45.9 Å². The summed E-state index contributed by atoms with van der Waals surface area (Å²) in [5.74, 6) is 1.92. The predicted molar refractivity (Wildman–Crippen MR) is 148 cm³/mol. The van der Waals surface area contributed by atoms with Crippen LogP contribution in [-0.2, 0) is 4.74 Å². The molecule has 188 valence electrons. The summed E-state index contributed by atoms with van der Waals surface area (Å²) >= 11 is 1.50. The Morgan fingerprint density at radius 2 is 2.06 bits per heavy atom. The van der Waals surface area contributed by atoms with Gasteiger partial charge in [0.05, 0.1) is 23.3 Å². The van der Waals surface area contributed by atoms with Crippen LogP contribution in [0.4, 0.5) is 0 Å². The van der Waals surface area contributed by atoms with E-state index in [0.29, 0.717) is 18.1 Å². The van der Waals surface area contributed by atoms with Crippen LogP contribution >= 0.6 is 11.8 Å². The van der Waals surface area contributed by atoms with Crippen LogP contribution in [0.1, 0.15) is 62.2 Å². The number of allylic oxidation sites excluding steroid dienone is 1. The lowest BCUT2D eigenvalue weighted by atomic mass is 9.98. The number of nitrogens with zero attached hydrogens (tertiary/aromatic N) is 2. The van der Waals surface area contributed by atoms with E-state index in [1.165, 1.54) is 17.3 Å². The van der Waals surface area contributed by atoms with Crippen LogP contribution in [0.2, 0.25) is 0 Å². The molecule has 1 fully saturated rings. The summed E-state index contributed by atoms with van der Waals surface area (Å²) in [6.45, 7) is 13.4. The molecule has 1 N–H and O–H groups in total. The molecule has 0 amide bonds.